The Hall–Kier alpha value is -0.860. The monoisotopic (exact) mass is 380 g/mol. The minimum Gasteiger partial charge on any atom is -0.472 e. The highest BCUT2D eigenvalue weighted by molar-refractivity contribution is 5.24. The molecule has 11 atom stereocenters. The molecule has 0 aromatic heterocycles. The van der Waals surface area contributed by atoms with Crippen molar-refractivity contribution in [2.24, 2.45) is 5.92 Å². The summed E-state index contributed by atoms with van der Waals surface area (Å²) in [5.41, 5.74) is -4.11. The minimum absolute atomic E-state index is 0.668. The molecule has 1 saturated carbocycles. The standard InChI is InChI=1S/C15H24O11/c1-14(22)9-13(24-3-2-15(9,23)11(21)10(14)20)26-12-8(19)7(18)6(17)5(4-16)25-12/h2-3,5-13,16-23H,4H2,1H3/t5-,6-,7+,8-,9-,10+,11-,12-,13+,14-,15+/m1/s1. The van der Waals surface area contributed by atoms with Gasteiger partial charge in [0, 0.05) is 0 Å². The van der Waals surface area contributed by atoms with Crippen molar-refractivity contribution in [3.05, 3.63) is 12.3 Å². The average molecular weight is 380 g/mol. The quantitative estimate of drug-likeness (QED) is 0.235. The smallest absolute Gasteiger partial charge is 0.210 e. The normalized spacial score (nSPS) is 56.9. The molecule has 0 unspecified atom stereocenters. The number of aliphatic hydroxyl groups excluding tert-OH is 6. The molecule has 1 saturated heterocycles. The molecular formula is C15H24O11. The second kappa shape index (κ2) is 6.63. The molecular weight excluding hydrogens is 356 g/mol. The Bertz CT molecular complexity index is 552. The Morgan fingerprint density at radius 2 is 1.62 bits per heavy atom. The number of rotatable bonds is 3. The van der Waals surface area contributed by atoms with Gasteiger partial charge in [-0.3, -0.25) is 0 Å². The molecule has 150 valence electrons. The maximum absolute atomic E-state index is 10.7. The summed E-state index contributed by atoms with van der Waals surface area (Å²) in [5, 5.41) is 80.3. The van der Waals surface area contributed by atoms with Crippen molar-refractivity contribution in [3.63, 3.8) is 0 Å². The lowest BCUT2D eigenvalue weighted by Gasteiger charge is -2.45. The van der Waals surface area contributed by atoms with E-state index >= 15 is 0 Å². The van der Waals surface area contributed by atoms with Crippen molar-refractivity contribution in [2.75, 3.05) is 6.61 Å². The van der Waals surface area contributed by atoms with Gasteiger partial charge in [-0.1, -0.05) is 0 Å². The fourth-order valence-corrected chi connectivity index (χ4v) is 3.83. The molecule has 1 aliphatic carbocycles. The highest BCUT2D eigenvalue weighted by Crippen LogP contribution is 2.49. The first-order valence-electron chi connectivity index (χ1n) is 8.15. The maximum atomic E-state index is 10.7. The Labute approximate surface area is 148 Å². The Morgan fingerprint density at radius 1 is 0.962 bits per heavy atom. The van der Waals surface area contributed by atoms with Gasteiger partial charge in [-0.25, -0.2) is 0 Å². The Morgan fingerprint density at radius 3 is 2.23 bits per heavy atom. The summed E-state index contributed by atoms with van der Waals surface area (Å²) in [6, 6.07) is 0. The zero-order chi connectivity index (χ0) is 19.4. The van der Waals surface area contributed by atoms with Gasteiger partial charge in [0.1, 0.15) is 47.8 Å². The molecule has 2 fully saturated rings. The van der Waals surface area contributed by atoms with E-state index in [0.29, 0.717) is 0 Å². The molecule has 26 heavy (non-hydrogen) atoms. The minimum atomic E-state index is -2.08. The van der Waals surface area contributed by atoms with Crippen molar-refractivity contribution in [1.29, 1.82) is 0 Å². The molecule has 11 nitrogen and oxygen atoms in total. The zero-order valence-electron chi connectivity index (χ0n) is 13.9. The van der Waals surface area contributed by atoms with Crippen LogP contribution in [0.25, 0.3) is 0 Å². The van der Waals surface area contributed by atoms with Gasteiger partial charge in [-0.2, -0.15) is 0 Å². The van der Waals surface area contributed by atoms with Gasteiger partial charge in [0.05, 0.1) is 18.8 Å². The van der Waals surface area contributed by atoms with Crippen LogP contribution in [0.3, 0.4) is 0 Å². The van der Waals surface area contributed by atoms with Gasteiger partial charge in [-0.15, -0.1) is 0 Å². The molecule has 0 aromatic rings. The summed E-state index contributed by atoms with van der Waals surface area (Å²) in [6.07, 6.45) is -10.7. The van der Waals surface area contributed by atoms with Crippen LogP contribution < -0.4 is 0 Å². The predicted octanol–water partition coefficient (Wildman–Crippen LogP) is -4.49. The van der Waals surface area contributed by atoms with Gasteiger partial charge < -0.3 is 55.1 Å². The van der Waals surface area contributed by atoms with E-state index < -0.39 is 72.9 Å². The Kier molecular flexibility index (Phi) is 5.08. The number of hydrogen-bond acceptors (Lipinski definition) is 11. The topological polar surface area (TPSA) is 190 Å². The third kappa shape index (κ3) is 2.76. The van der Waals surface area contributed by atoms with Crippen molar-refractivity contribution in [3.8, 4) is 0 Å². The van der Waals surface area contributed by atoms with E-state index in [1.807, 2.05) is 0 Å². The fraction of sp³-hybridized carbons (Fsp3) is 0.867. The summed E-state index contributed by atoms with van der Waals surface area (Å²) in [5.74, 6) is -1.38. The second-order valence-corrected chi connectivity index (χ2v) is 7.12. The molecule has 0 aromatic carbocycles. The molecule has 3 rings (SSSR count). The van der Waals surface area contributed by atoms with E-state index in [1.165, 1.54) is 6.92 Å². The zero-order valence-corrected chi connectivity index (χ0v) is 13.9. The molecule has 2 heterocycles. The summed E-state index contributed by atoms with van der Waals surface area (Å²) >= 11 is 0. The van der Waals surface area contributed by atoms with E-state index in [0.717, 1.165) is 12.3 Å². The van der Waals surface area contributed by atoms with E-state index in [4.69, 9.17) is 14.2 Å². The van der Waals surface area contributed by atoms with Crippen LogP contribution in [0.4, 0.5) is 0 Å². The van der Waals surface area contributed by atoms with Crippen molar-refractivity contribution in [1.82, 2.24) is 0 Å². The van der Waals surface area contributed by atoms with Gasteiger partial charge in [-0.05, 0) is 13.0 Å². The summed E-state index contributed by atoms with van der Waals surface area (Å²) in [4.78, 5) is 0. The molecule has 11 heteroatoms. The van der Waals surface area contributed by atoms with Gasteiger partial charge in [0.15, 0.2) is 6.29 Å². The molecule has 0 spiro atoms. The van der Waals surface area contributed by atoms with Crippen molar-refractivity contribution >= 4 is 0 Å². The van der Waals surface area contributed by atoms with Crippen LogP contribution in [0.5, 0.6) is 0 Å². The maximum Gasteiger partial charge on any atom is 0.210 e. The van der Waals surface area contributed by atoms with Crippen LogP contribution in [0.15, 0.2) is 12.3 Å². The first kappa shape index (κ1) is 19.9. The fourth-order valence-electron chi connectivity index (χ4n) is 3.83. The lowest BCUT2D eigenvalue weighted by atomic mass is 9.81. The van der Waals surface area contributed by atoms with Crippen molar-refractivity contribution in [2.45, 2.75) is 67.3 Å². The van der Waals surface area contributed by atoms with Gasteiger partial charge in [0.2, 0.25) is 6.29 Å². The van der Waals surface area contributed by atoms with E-state index in [1.54, 1.807) is 0 Å². The van der Waals surface area contributed by atoms with E-state index in [-0.39, 0.29) is 0 Å². The largest absolute Gasteiger partial charge is 0.472 e. The van der Waals surface area contributed by atoms with E-state index in [9.17, 15) is 40.9 Å². The summed E-state index contributed by atoms with van der Waals surface area (Å²) in [7, 11) is 0. The molecule has 3 aliphatic rings. The SMILES string of the molecule is C[C@@]1(O)[C@H]2[C@H](O[C@H]3O[C@H](CO)[C@@H](O)[C@H](O)[C@H]3O)OC=C[C@@]2(O)[C@H](O)[C@@H]1O. The molecule has 0 bridgehead atoms. The van der Waals surface area contributed by atoms with Crippen LogP contribution in [0.2, 0.25) is 0 Å². The summed E-state index contributed by atoms with van der Waals surface area (Å²) < 4.78 is 15.9. The van der Waals surface area contributed by atoms with Crippen LogP contribution in [-0.4, -0.2) is 108 Å². The molecule has 8 N–H and O–H groups in total. The van der Waals surface area contributed by atoms with Crippen molar-refractivity contribution < 1.29 is 55.1 Å². The number of fused-ring (bicyclic) bond motifs is 1. The number of ether oxygens (including phenoxy) is 3. The third-order valence-electron chi connectivity index (χ3n) is 5.44. The van der Waals surface area contributed by atoms with Crippen LogP contribution in [-0.2, 0) is 14.2 Å². The molecule has 0 amide bonds. The highest BCUT2D eigenvalue weighted by Gasteiger charge is 2.69. The van der Waals surface area contributed by atoms with Crippen LogP contribution in [0, 0.1) is 5.92 Å². The molecule has 2 aliphatic heterocycles. The lowest BCUT2D eigenvalue weighted by Crippen LogP contribution is -2.62. The molecule has 0 radical (unpaired) electrons. The Balaban J connectivity index is 1.85. The van der Waals surface area contributed by atoms with Gasteiger partial charge >= 0.3 is 0 Å². The third-order valence-corrected chi connectivity index (χ3v) is 5.44. The highest BCUT2D eigenvalue weighted by atomic mass is 16.8. The average Bonchev–Trinajstić information content (AvgIpc) is 2.73. The predicted molar refractivity (Wildman–Crippen MR) is 79.9 cm³/mol. The van der Waals surface area contributed by atoms with E-state index in [2.05, 4.69) is 0 Å². The number of hydrogen-bond donors (Lipinski definition) is 8. The van der Waals surface area contributed by atoms with Crippen LogP contribution in [0.1, 0.15) is 6.92 Å². The first-order valence-corrected chi connectivity index (χ1v) is 8.15. The second-order valence-electron chi connectivity index (χ2n) is 7.12. The summed E-state index contributed by atoms with van der Waals surface area (Å²) in [6.45, 7) is 0.508. The number of aliphatic hydroxyl groups is 8. The lowest BCUT2D eigenvalue weighted by molar-refractivity contribution is -0.352. The van der Waals surface area contributed by atoms with Crippen LogP contribution >= 0.6 is 0 Å². The van der Waals surface area contributed by atoms with Gasteiger partial charge in [0.25, 0.3) is 0 Å². The first-order chi connectivity index (χ1) is 12.1.